The van der Waals surface area contributed by atoms with Crippen molar-refractivity contribution < 1.29 is 22.4 Å². The predicted octanol–water partition coefficient (Wildman–Crippen LogP) is 4.42. The summed E-state index contributed by atoms with van der Waals surface area (Å²) in [7, 11) is -3.60. The smallest absolute Gasteiger partial charge is 0.255 e. The molecule has 168 valence electrons. The average Bonchev–Trinajstić information content (AvgIpc) is 3.34. The van der Waals surface area contributed by atoms with E-state index in [0.717, 1.165) is 30.6 Å². The molecule has 1 aromatic heterocycles. The van der Waals surface area contributed by atoms with E-state index in [-0.39, 0.29) is 10.8 Å². The second-order valence-electron chi connectivity index (χ2n) is 7.72. The van der Waals surface area contributed by atoms with Crippen LogP contribution >= 0.6 is 0 Å². The molecule has 0 radical (unpaired) electrons. The SMILES string of the molecule is O=C(Nc1cccc(COCc2ccco2)c1)c1cccc(S(=O)(=O)N2CCCCC2)c1. The van der Waals surface area contributed by atoms with Gasteiger partial charge in [0, 0.05) is 24.3 Å². The zero-order valence-electron chi connectivity index (χ0n) is 17.7. The number of piperidine rings is 1. The monoisotopic (exact) mass is 454 g/mol. The summed E-state index contributed by atoms with van der Waals surface area (Å²) in [6.45, 7) is 1.77. The Morgan fingerprint density at radius 2 is 1.78 bits per heavy atom. The normalized spacial score (nSPS) is 14.9. The molecule has 8 heteroatoms. The number of anilines is 1. The van der Waals surface area contributed by atoms with Crippen LogP contribution in [0.4, 0.5) is 5.69 Å². The van der Waals surface area contributed by atoms with Gasteiger partial charge in [-0.25, -0.2) is 8.42 Å². The van der Waals surface area contributed by atoms with Crippen molar-refractivity contribution in [1.29, 1.82) is 0 Å². The van der Waals surface area contributed by atoms with Gasteiger partial charge in [-0.2, -0.15) is 4.31 Å². The number of carbonyl (C=O) groups excluding carboxylic acids is 1. The van der Waals surface area contributed by atoms with Gasteiger partial charge < -0.3 is 14.5 Å². The summed E-state index contributed by atoms with van der Waals surface area (Å²) in [4.78, 5) is 12.9. The van der Waals surface area contributed by atoms with Gasteiger partial charge >= 0.3 is 0 Å². The summed E-state index contributed by atoms with van der Waals surface area (Å²) in [6.07, 6.45) is 4.37. The van der Waals surface area contributed by atoms with Crippen molar-refractivity contribution in [3.8, 4) is 0 Å². The Labute approximate surface area is 188 Å². The third-order valence-corrected chi connectivity index (χ3v) is 7.22. The summed E-state index contributed by atoms with van der Waals surface area (Å²) in [5, 5.41) is 2.84. The van der Waals surface area contributed by atoms with Crippen LogP contribution in [-0.4, -0.2) is 31.7 Å². The molecule has 0 aliphatic carbocycles. The number of rotatable bonds is 8. The van der Waals surface area contributed by atoms with Crippen LogP contribution in [0.25, 0.3) is 0 Å². The molecule has 1 N–H and O–H groups in total. The molecule has 2 aromatic carbocycles. The van der Waals surface area contributed by atoms with Gasteiger partial charge in [0.1, 0.15) is 12.4 Å². The molecule has 0 atom stereocenters. The number of nitrogens with one attached hydrogen (secondary N) is 1. The molecule has 1 saturated heterocycles. The lowest BCUT2D eigenvalue weighted by Crippen LogP contribution is -2.35. The molecular formula is C24H26N2O5S. The molecule has 0 bridgehead atoms. The average molecular weight is 455 g/mol. The Balaban J connectivity index is 1.41. The van der Waals surface area contributed by atoms with Gasteiger partial charge in [-0.05, 0) is 60.9 Å². The largest absolute Gasteiger partial charge is 0.467 e. The quantitative estimate of drug-likeness (QED) is 0.544. The van der Waals surface area contributed by atoms with Crippen LogP contribution in [0, 0.1) is 0 Å². The van der Waals surface area contributed by atoms with Gasteiger partial charge in [0.25, 0.3) is 5.91 Å². The van der Waals surface area contributed by atoms with Crippen molar-refractivity contribution in [3.05, 3.63) is 83.8 Å². The number of amides is 1. The number of furan rings is 1. The number of hydrogen-bond donors (Lipinski definition) is 1. The van der Waals surface area contributed by atoms with E-state index in [1.165, 1.54) is 16.4 Å². The van der Waals surface area contributed by atoms with E-state index >= 15 is 0 Å². The summed E-state index contributed by atoms with van der Waals surface area (Å²) >= 11 is 0. The summed E-state index contributed by atoms with van der Waals surface area (Å²) in [5.74, 6) is 0.378. The van der Waals surface area contributed by atoms with Gasteiger partial charge in [-0.3, -0.25) is 4.79 Å². The number of carbonyl (C=O) groups is 1. The first-order valence-corrected chi connectivity index (χ1v) is 12.1. The van der Waals surface area contributed by atoms with E-state index in [1.807, 2.05) is 30.3 Å². The van der Waals surface area contributed by atoms with Crippen LogP contribution in [-0.2, 0) is 28.0 Å². The number of ether oxygens (including phenoxy) is 1. The van der Waals surface area contributed by atoms with Crippen LogP contribution in [0.3, 0.4) is 0 Å². The molecular weight excluding hydrogens is 428 g/mol. The molecule has 0 saturated carbocycles. The third kappa shape index (κ3) is 5.45. The summed E-state index contributed by atoms with van der Waals surface area (Å²) in [5.41, 5.74) is 1.80. The van der Waals surface area contributed by atoms with Crippen molar-refractivity contribution in [3.63, 3.8) is 0 Å². The van der Waals surface area contributed by atoms with Crippen molar-refractivity contribution in [2.75, 3.05) is 18.4 Å². The van der Waals surface area contributed by atoms with Crippen LogP contribution in [0.1, 0.15) is 40.9 Å². The maximum absolute atomic E-state index is 12.9. The van der Waals surface area contributed by atoms with Crippen LogP contribution in [0.15, 0.2) is 76.2 Å². The highest BCUT2D eigenvalue weighted by molar-refractivity contribution is 7.89. The second kappa shape index (κ2) is 10.1. The first-order valence-electron chi connectivity index (χ1n) is 10.6. The molecule has 2 heterocycles. The predicted molar refractivity (Wildman–Crippen MR) is 121 cm³/mol. The maximum atomic E-state index is 12.9. The molecule has 1 amide bonds. The standard InChI is InChI=1S/C24H26N2O5S/c27-24(20-8-5-11-23(16-20)32(28,29)26-12-2-1-3-13-26)25-21-9-4-7-19(15-21)17-30-18-22-10-6-14-31-22/h4-11,14-16H,1-3,12-13,17-18H2,(H,25,27). The van der Waals surface area contributed by atoms with Crippen molar-refractivity contribution in [2.24, 2.45) is 0 Å². The summed E-state index contributed by atoms with van der Waals surface area (Å²) in [6, 6.07) is 17.2. The first-order chi connectivity index (χ1) is 15.5. The fourth-order valence-electron chi connectivity index (χ4n) is 3.66. The van der Waals surface area contributed by atoms with Gasteiger partial charge in [0.05, 0.1) is 17.8 Å². The minimum Gasteiger partial charge on any atom is -0.467 e. The van der Waals surface area contributed by atoms with E-state index in [1.54, 1.807) is 24.5 Å². The molecule has 1 aliphatic rings. The highest BCUT2D eigenvalue weighted by Gasteiger charge is 2.26. The number of sulfonamides is 1. The summed E-state index contributed by atoms with van der Waals surface area (Å²) < 4.78 is 38.2. The molecule has 0 spiro atoms. The van der Waals surface area contributed by atoms with Gasteiger partial charge in [0.2, 0.25) is 10.0 Å². The fraction of sp³-hybridized carbons (Fsp3) is 0.292. The molecule has 32 heavy (non-hydrogen) atoms. The lowest BCUT2D eigenvalue weighted by atomic mass is 10.2. The highest BCUT2D eigenvalue weighted by Crippen LogP contribution is 2.22. The third-order valence-electron chi connectivity index (χ3n) is 5.33. The Kier molecular flexibility index (Phi) is 7.04. The van der Waals surface area contributed by atoms with E-state index in [2.05, 4.69) is 5.32 Å². The zero-order valence-corrected chi connectivity index (χ0v) is 18.5. The molecule has 1 aliphatic heterocycles. The molecule has 1 fully saturated rings. The minimum atomic E-state index is -3.60. The van der Waals surface area contributed by atoms with Crippen molar-refractivity contribution >= 4 is 21.6 Å². The van der Waals surface area contributed by atoms with Crippen molar-refractivity contribution in [2.45, 2.75) is 37.4 Å². The Hall–Kier alpha value is -2.94. The van der Waals surface area contributed by atoms with Crippen molar-refractivity contribution in [1.82, 2.24) is 4.31 Å². The molecule has 7 nitrogen and oxygen atoms in total. The lowest BCUT2D eigenvalue weighted by Gasteiger charge is -2.26. The van der Waals surface area contributed by atoms with Gasteiger partial charge in [-0.15, -0.1) is 0 Å². The second-order valence-corrected chi connectivity index (χ2v) is 9.66. The highest BCUT2D eigenvalue weighted by atomic mass is 32.2. The van der Waals surface area contributed by atoms with E-state index in [4.69, 9.17) is 9.15 Å². The van der Waals surface area contributed by atoms with Gasteiger partial charge in [0.15, 0.2) is 0 Å². The Bertz CT molecular complexity index is 1150. The first kappa shape index (κ1) is 22.3. The Morgan fingerprint density at radius 1 is 0.969 bits per heavy atom. The number of hydrogen-bond acceptors (Lipinski definition) is 5. The maximum Gasteiger partial charge on any atom is 0.255 e. The lowest BCUT2D eigenvalue weighted by molar-refractivity contribution is 0.0929. The number of benzene rings is 2. The van der Waals surface area contributed by atoms with E-state index in [0.29, 0.717) is 37.6 Å². The topological polar surface area (TPSA) is 88.8 Å². The Morgan fingerprint density at radius 3 is 2.56 bits per heavy atom. The van der Waals surface area contributed by atoms with Gasteiger partial charge in [-0.1, -0.05) is 24.6 Å². The minimum absolute atomic E-state index is 0.145. The molecule has 0 unspecified atom stereocenters. The molecule has 4 rings (SSSR count). The van der Waals surface area contributed by atoms with Crippen LogP contribution in [0.2, 0.25) is 0 Å². The molecule has 3 aromatic rings. The number of nitrogens with zero attached hydrogens (tertiary/aromatic N) is 1. The van der Waals surface area contributed by atoms with Crippen LogP contribution in [0.5, 0.6) is 0 Å². The van der Waals surface area contributed by atoms with E-state index < -0.39 is 10.0 Å². The van der Waals surface area contributed by atoms with E-state index in [9.17, 15) is 13.2 Å². The van der Waals surface area contributed by atoms with Crippen LogP contribution < -0.4 is 5.32 Å². The zero-order chi connectivity index (χ0) is 22.4. The fourth-order valence-corrected chi connectivity index (χ4v) is 5.22.